The number of hydrogen-bond acceptors (Lipinski definition) is 9. The van der Waals surface area contributed by atoms with Gasteiger partial charge in [-0.1, -0.05) is 13.8 Å². The molecule has 0 aromatic carbocycles. The van der Waals surface area contributed by atoms with Crippen LogP contribution < -0.4 is 0 Å². The molecule has 2 heterocycles. The van der Waals surface area contributed by atoms with Crippen molar-refractivity contribution in [3.8, 4) is 0 Å². The van der Waals surface area contributed by atoms with Crippen molar-refractivity contribution in [2.75, 3.05) is 39.6 Å². The molecule has 0 spiro atoms. The quantitative estimate of drug-likeness (QED) is 0.528. The molecule has 9 heteroatoms. The zero-order valence-electron chi connectivity index (χ0n) is 13.8. The van der Waals surface area contributed by atoms with Crippen LogP contribution in [0.2, 0.25) is 0 Å². The van der Waals surface area contributed by atoms with E-state index in [1.807, 2.05) is 13.8 Å². The Hall–Kier alpha value is -2.19. The lowest BCUT2D eigenvalue weighted by atomic mass is 9.87. The molecule has 24 heavy (non-hydrogen) atoms. The summed E-state index contributed by atoms with van der Waals surface area (Å²) >= 11 is 0. The van der Waals surface area contributed by atoms with Gasteiger partial charge in [0.2, 0.25) is 0 Å². The minimum absolute atomic E-state index is 0.0141. The topological polar surface area (TPSA) is 107 Å². The molecule has 0 atom stereocenters. The normalized spacial score (nSPS) is 21.6. The second-order valence-electron chi connectivity index (χ2n) is 6.19. The second kappa shape index (κ2) is 7.59. The average Bonchev–Trinajstić information content (AvgIpc) is 2.62. The van der Waals surface area contributed by atoms with Crippen molar-refractivity contribution in [2.45, 2.75) is 26.7 Å². The fourth-order valence-corrected chi connectivity index (χ4v) is 2.26. The molecule has 0 unspecified atom stereocenters. The van der Waals surface area contributed by atoms with Crippen LogP contribution in [0, 0.1) is 10.8 Å². The lowest BCUT2D eigenvalue weighted by Gasteiger charge is -2.35. The number of cyclic esters (lactones) is 4. The van der Waals surface area contributed by atoms with Gasteiger partial charge in [-0.15, -0.1) is 0 Å². The summed E-state index contributed by atoms with van der Waals surface area (Å²) in [6, 6.07) is 0. The van der Waals surface area contributed by atoms with Crippen LogP contribution in [0.1, 0.15) is 26.7 Å². The molecule has 0 bridgehead atoms. The summed E-state index contributed by atoms with van der Waals surface area (Å²) in [5.41, 5.74) is -1.14. The summed E-state index contributed by atoms with van der Waals surface area (Å²) in [5.74, 6) is 0. The van der Waals surface area contributed by atoms with Gasteiger partial charge in [-0.25, -0.2) is 14.4 Å². The van der Waals surface area contributed by atoms with Gasteiger partial charge >= 0.3 is 18.5 Å². The predicted octanol–water partition coefficient (Wildman–Crippen LogP) is 2.27. The van der Waals surface area contributed by atoms with Gasteiger partial charge < -0.3 is 28.4 Å². The minimum atomic E-state index is -0.843. The van der Waals surface area contributed by atoms with E-state index in [4.69, 9.17) is 28.4 Å². The third-order valence-electron chi connectivity index (χ3n) is 4.48. The lowest BCUT2D eigenvalue weighted by molar-refractivity contribution is -0.103. The van der Waals surface area contributed by atoms with Crippen molar-refractivity contribution in [3.05, 3.63) is 0 Å². The van der Waals surface area contributed by atoms with Gasteiger partial charge in [0.25, 0.3) is 0 Å². The first-order chi connectivity index (χ1) is 11.4. The zero-order chi connectivity index (χ0) is 17.6. The van der Waals surface area contributed by atoms with Gasteiger partial charge in [0.1, 0.15) is 39.6 Å². The molecule has 0 aliphatic carbocycles. The largest absolute Gasteiger partial charge is 0.508 e. The third kappa shape index (κ3) is 4.42. The van der Waals surface area contributed by atoms with Crippen LogP contribution in [0.5, 0.6) is 0 Å². The Bertz CT molecular complexity index is 425. The van der Waals surface area contributed by atoms with Crippen molar-refractivity contribution >= 4 is 18.5 Å². The fraction of sp³-hybridized carbons (Fsp3) is 0.800. The lowest BCUT2D eigenvalue weighted by Crippen LogP contribution is -2.44. The summed E-state index contributed by atoms with van der Waals surface area (Å²) in [7, 11) is 0. The Morgan fingerprint density at radius 3 is 1.46 bits per heavy atom. The standard InChI is InChI=1S/C15H22O9/c1-3-14(5-19-11(16)20-6-14)9-23-13(18)24-10-15(4-2)7-21-12(17)22-8-15/h3-10H2,1-2H3. The first-order valence-electron chi connectivity index (χ1n) is 7.81. The number of hydrogen-bond donors (Lipinski definition) is 0. The maximum atomic E-state index is 11.8. The molecule has 2 rings (SSSR count). The van der Waals surface area contributed by atoms with Crippen LogP contribution in [0.15, 0.2) is 0 Å². The average molecular weight is 346 g/mol. The van der Waals surface area contributed by atoms with Crippen LogP contribution in [0.25, 0.3) is 0 Å². The molecular formula is C15H22O9. The first kappa shape index (κ1) is 18.2. The summed E-state index contributed by atoms with van der Waals surface area (Å²) in [4.78, 5) is 33.7. The van der Waals surface area contributed by atoms with Crippen molar-refractivity contribution in [1.82, 2.24) is 0 Å². The van der Waals surface area contributed by atoms with Gasteiger partial charge in [-0.3, -0.25) is 0 Å². The Balaban J connectivity index is 1.78. The summed E-state index contributed by atoms with van der Waals surface area (Å²) in [5, 5.41) is 0. The molecular weight excluding hydrogens is 324 g/mol. The van der Waals surface area contributed by atoms with Crippen LogP contribution in [-0.4, -0.2) is 58.1 Å². The van der Waals surface area contributed by atoms with Crippen LogP contribution in [0.3, 0.4) is 0 Å². The summed E-state index contributed by atoms with van der Waals surface area (Å²) in [6.07, 6.45) is -1.08. The van der Waals surface area contributed by atoms with E-state index < -0.39 is 29.3 Å². The van der Waals surface area contributed by atoms with Crippen LogP contribution >= 0.6 is 0 Å². The van der Waals surface area contributed by atoms with Gasteiger partial charge in [-0.2, -0.15) is 0 Å². The highest BCUT2D eigenvalue weighted by Crippen LogP contribution is 2.29. The molecule has 2 aliphatic heterocycles. The van der Waals surface area contributed by atoms with Crippen LogP contribution in [0.4, 0.5) is 14.4 Å². The summed E-state index contributed by atoms with van der Waals surface area (Å²) < 4.78 is 29.7. The van der Waals surface area contributed by atoms with E-state index in [0.29, 0.717) is 12.8 Å². The molecule has 0 saturated carbocycles. The smallest absolute Gasteiger partial charge is 0.433 e. The maximum Gasteiger partial charge on any atom is 0.508 e. The number of carbonyl (C=O) groups excluding carboxylic acids is 3. The molecule has 2 aliphatic rings. The van der Waals surface area contributed by atoms with Crippen molar-refractivity contribution in [3.63, 3.8) is 0 Å². The van der Waals surface area contributed by atoms with E-state index in [0.717, 1.165) is 0 Å². The number of ether oxygens (including phenoxy) is 6. The highest BCUT2D eigenvalue weighted by atomic mass is 16.8. The predicted molar refractivity (Wildman–Crippen MR) is 77.3 cm³/mol. The highest BCUT2D eigenvalue weighted by molar-refractivity contribution is 5.62. The molecule has 0 aromatic rings. The molecule has 0 radical (unpaired) electrons. The molecule has 9 nitrogen and oxygen atoms in total. The maximum absolute atomic E-state index is 11.8. The summed E-state index contributed by atoms with van der Waals surface area (Å²) in [6.45, 7) is 4.29. The van der Waals surface area contributed by atoms with E-state index >= 15 is 0 Å². The Kier molecular flexibility index (Phi) is 5.74. The number of rotatable bonds is 6. The Morgan fingerprint density at radius 2 is 1.17 bits per heavy atom. The second-order valence-corrected chi connectivity index (χ2v) is 6.19. The van der Waals surface area contributed by atoms with E-state index in [9.17, 15) is 14.4 Å². The molecule has 0 amide bonds. The Labute approximate surface area is 139 Å². The monoisotopic (exact) mass is 346 g/mol. The van der Waals surface area contributed by atoms with Crippen molar-refractivity contribution in [1.29, 1.82) is 0 Å². The van der Waals surface area contributed by atoms with E-state index in [1.165, 1.54) is 0 Å². The van der Waals surface area contributed by atoms with E-state index in [2.05, 4.69) is 0 Å². The molecule has 0 N–H and O–H groups in total. The SMILES string of the molecule is CCC1(COC(=O)OCC2(CC)COC(=O)OC2)COC(=O)OC1. The van der Waals surface area contributed by atoms with Gasteiger partial charge in [0.15, 0.2) is 0 Å². The Morgan fingerprint density at radius 1 is 0.833 bits per heavy atom. The van der Waals surface area contributed by atoms with Crippen LogP contribution in [-0.2, 0) is 28.4 Å². The minimum Gasteiger partial charge on any atom is -0.433 e. The number of carbonyl (C=O) groups is 3. The molecule has 2 saturated heterocycles. The fourth-order valence-electron chi connectivity index (χ4n) is 2.26. The van der Waals surface area contributed by atoms with Gasteiger partial charge in [-0.05, 0) is 12.8 Å². The molecule has 0 aromatic heterocycles. The highest BCUT2D eigenvalue weighted by Gasteiger charge is 2.40. The van der Waals surface area contributed by atoms with Crippen molar-refractivity contribution < 1.29 is 42.8 Å². The van der Waals surface area contributed by atoms with Crippen molar-refractivity contribution in [2.24, 2.45) is 10.8 Å². The first-order valence-corrected chi connectivity index (χ1v) is 7.81. The van der Waals surface area contributed by atoms with Gasteiger partial charge in [0, 0.05) is 0 Å². The van der Waals surface area contributed by atoms with Gasteiger partial charge in [0.05, 0.1) is 10.8 Å². The molecule has 136 valence electrons. The van der Waals surface area contributed by atoms with E-state index in [-0.39, 0.29) is 39.6 Å². The third-order valence-corrected chi connectivity index (χ3v) is 4.48. The molecule has 2 fully saturated rings. The zero-order valence-corrected chi connectivity index (χ0v) is 13.8. The van der Waals surface area contributed by atoms with E-state index in [1.54, 1.807) is 0 Å².